The highest BCUT2D eigenvalue weighted by Crippen LogP contribution is 2.26. The number of thioether (sulfide) groups is 1. The van der Waals surface area contributed by atoms with Gasteiger partial charge in [0.15, 0.2) is 11.0 Å². The van der Waals surface area contributed by atoms with E-state index in [0.29, 0.717) is 5.02 Å². The van der Waals surface area contributed by atoms with Crippen LogP contribution in [0, 0.1) is 0 Å². The van der Waals surface area contributed by atoms with Gasteiger partial charge in [0.25, 0.3) is 0 Å². The molecule has 24 heavy (non-hydrogen) atoms. The van der Waals surface area contributed by atoms with E-state index in [1.54, 1.807) is 11.8 Å². The third kappa shape index (κ3) is 4.29. The predicted molar refractivity (Wildman–Crippen MR) is 97.0 cm³/mol. The Morgan fingerprint density at radius 1 is 1.33 bits per heavy atom. The highest BCUT2D eigenvalue weighted by Gasteiger charge is 2.18. The number of hydrogen-bond donors (Lipinski definition) is 1. The van der Waals surface area contributed by atoms with Crippen LogP contribution in [0.1, 0.15) is 18.8 Å². The fourth-order valence-electron chi connectivity index (χ4n) is 2.62. The van der Waals surface area contributed by atoms with E-state index in [1.807, 2.05) is 35.8 Å². The minimum absolute atomic E-state index is 0.204. The molecule has 1 aliphatic rings. The van der Waals surface area contributed by atoms with E-state index >= 15 is 0 Å². The molecule has 2 heterocycles. The number of rotatable bonds is 6. The lowest BCUT2D eigenvalue weighted by atomic mass is 10.3. The summed E-state index contributed by atoms with van der Waals surface area (Å²) in [7, 11) is 0. The van der Waals surface area contributed by atoms with Crippen LogP contribution in [0.25, 0.3) is 5.69 Å². The van der Waals surface area contributed by atoms with Crippen LogP contribution in [0.15, 0.2) is 29.4 Å². The van der Waals surface area contributed by atoms with Crippen molar-refractivity contribution in [1.82, 2.24) is 19.7 Å². The van der Waals surface area contributed by atoms with Crippen molar-refractivity contribution in [2.75, 3.05) is 38.6 Å². The monoisotopic (exact) mass is 367 g/mol. The Kier molecular flexibility index (Phi) is 6.13. The van der Waals surface area contributed by atoms with Crippen LogP contribution < -0.4 is 5.73 Å². The normalized spacial score (nSPS) is 17.1. The van der Waals surface area contributed by atoms with Gasteiger partial charge in [-0.05, 0) is 25.1 Å². The molecule has 0 amide bonds. The molecule has 1 unspecified atom stereocenters. The maximum absolute atomic E-state index is 6.14. The molecule has 130 valence electrons. The lowest BCUT2D eigenvalue weighted by Crippen LogP contribution is -2.37. The van der Waals surface area contributed by atoms with Crippen LogP contribution in [0.5, 0.6) is 0 Å². The molecule has 0 spiro atoms. The largest absolute Gasteiger partial charge is 0.379 e. The van der Waals surface area contributed by atoms with Crippen LogP contribution >= 0.6 is 23.4 Å². The van der Waals surface area contributed by atoms with Crippen molar-refractivity contribution in [3.05, 3.63) is 35.1 Å². The van der Waals surface area contributed by atoms with Crippen molar-refractivity contribution < 1.29 is 4.74 Å². The second kappa shape index (κ2) is 8.31. The first-order chi connectivity index (χ1) is 11.6. The van der Waals surface area contributed by atoms with Crippen LogP contribution in [0.3, 0.4) is 0 Å². The summed E-state index contributed by atoms with van der Waals surface area (Å²) in [5.41, 5.74) is 7.00. The van der Waals surface area contributed by atoms with E-state index in [-0.39, 0.29) is 6.04 Å². The van der Waals surface area contributed by atoms with Gasteiger partial charge in [-0.2, -0.15) is 0 Å². The molecule has 1 aromatic heterocycles. The number of morpholine rings is 1. The van der Waals surface area contributed by atoms with Gasteiger partial charge in [-0.3, -0.25) is 9.47 Å². The van der Waals surface area contributed by atoms with Gasteiger partial charge in [0.2, 0.25) is 0 Å². The van der Waals surface area contributed by atoms with E-state index in [9.17, 15) is 0 Å². The molecular formula is C16H22ClN5OS. The number of nitrogens with zero attached hydrogens (tertiary/aromatic N) is 4. The lowest BCUT2D eigenvalue weighted by molar-refractivity contribution is 0.0410. The topological polar surface area (TPSA) is 69.2 Å². The summed E-state index contributed by atoms with van der Waals surface area (Å²) >= 11 is 7.83. The molecule has 0 radical (unpaired) electrons. The Hall–Kier alpha value is -1.12. The van der Waals surface area contributed by atoms with Crippen LogP contribution in [0.4, 0.5) is 0 Å². The number of aromatic nitrogens is 3. The van der Waals surface area contributed by atoms with Crippen LogP contribution in [0.2, 0.25) is 5.02 Å². The van der Waals surface area contributed by atoms with Gasteiger partial charge in [0.05, 0.1) is 24.9 Å². The zero-order valence-corrected chi connectivity index (χ0v) is 15.3. The Labute approximate surface area is 151 Å². The summed E-state index contributed by atoms with van der Waals surface area (Å²) in [6.45, 7) is 6.53. The molecule has 0 aliphatic carbocycles. The lowest BCUT2D eigenvalue weighted by Gasteiger charge is -2.26. The van der Waals surface area contributed by atoms with E-state index in [0.717, 1.165) is 55.3 Å². The highest BCUT2D eigenvalue weighted by atomic mass is 35.5. The predicted octanol–water partition coefficient (Wildman–Crippen LogP) is 2.36. The zero-order valence-electron chi connectivity index (χ0n) is 13.7. The van der Waals surface area contributed by atoms with E-state index < -0.39 is 0 Å². The molecule has 3 rings (SSSR count). The zero-order chi connectivity index (χ0) is 16.9. The molecule has 1 aliphatic heterocycles. The molecule has 2 N–H and O–H groups in total. The van der Waals surface area contributed by atoms with E-state index in [1.165, 1.54) is 0 Å². The number of benzene rings is 1. The average molecular weight is 368 g/mol. The second-order valence-corrected chi connectivity index (χ2v) is 7.25. The molecule has 1 fully saturated rings. The van der Waals surface area contributed by atoms with E-state index in [4.69, 9.17) is 22.1 Å². The van der Waals surface area contributed by atoms with Gasteiger partial charge in [-0.1, -0.05) is 29.4 Å². The quantitative estimate of drug-likeness (QED) is 0.790. The third-order valence-electron chi connectivity index (χ3n) is 3.87. The average Bonchev–Trinajstić information content (AvgIpc) is 3.00. The molecule has 8 heteroatoms. The first kappa shape index (κ1) is 17.7. The Morgan fingerprint density at radius 3 is 2.83 bits per heavy atom. The summed E-state index contributed by atoms with van der Waals surface area (Å²) in [4.78, 5) is 2.41. The molecule has 2 aromatic rings. The fraction of sp³-hybridized carbons (Fsp3) is 0.500. The minimum atomic E-state index is -0.204. The summed E-state index contributed by atoms with van der Waals surface area (Å²) < 4.78 is 7.38. The Balaban J connectivity index is 1.75. The standard InChI is InChI=1S/C16H22ClN5OS/c1-12(18)15-19-20-16(22(15)14-4-2-3-13(17)11-14)24-10-7-21-5-8-23-9-6-21/h2-4,11-12H,5-10,18H2,1H3. The number of halogens is 1. The minimum Gasteiger partial charge on any atom is -0.379 e. The summed E-state index contributed by atoms with van der Waals surface area (Å²) in [5.74, 6) is 1.68. The van der Waals surface area contributed by atoms with E-state index in [2.05, 4.69) is 15.1 Å². The maximum atomic E-state index is 6.14. The Bertz CT molecular complexity index is 672. The number of hydrogen-bond acceptors (Lipinski definition) is 6. The summed E-state index contributed by atoms with van der Waals surface area (Å²) in [5, 5.41) is 10.1. The van der Waals surface area contributed by atoms with Gasteiger partial charge in [-0.25, -0.2) is 0 Å². The molecule has 1 aromatic carbocycles. The fourth-order valence-corrected chi connectivity index (χ4v) is 3.76. The molecule has 6 nitrogen and oxygen atoms in total. The van der Waals surface area contributed by atoms with Crippen molar-refractivity contribution in [2.24, 2.45) is 5.73 Å². The SMILES string of the molecule is CC(N)c1nnc(SCCN2CCOCC2)n1-c1cccc(Cl)c1. The second-order valence-electron chi connectivity index (χ2n) is 5.75. The van der Waals surface area contributed by atoms with Crippen molar-refractivity contribution in [3.63, 3.8) is 0 Å². The molecule has 1 saturated heterocycles. The number of ether oxygens (including phenoxy) is 1. The van der Waals surface area contributed by atoms with Gasteiger partial charge in [0, 0.05) is 30.4 Å². The molecular weight excluding hydrogens is 346 g/mol. The maximum Gasteiger partial charge on any atom is 0.195 e. The van der Waals surface area contributed by atoms with Gasteiger partial charge in [0.1, 0.15) is 0 Å². The number of nitrogens with two attached hydrogens (primary N) is 1. The summed E-state index contributed by atoms with van der Waals surface area (Å²) in [6, 6.07) is 7.47. The molecule has 0 saturated carbocycles. The van der Waals surface area contributed by atoms with Gasteiger partial charge < -0.3 is 10.5 Å². The van der Waals surface area contributed by atoms with Crippen LogP contribution in [-0.2, 0) is 4.74 Å². The highest BCUT2D eigenvalue weighted by molar-refractivity contribution is 7.99. The molecule has 1 atom stereocenters. The Morgan fingerprint density at radius 2 is 2.12 bits per heavy atom. The van der Waals surface area contributed by atoms with Crippen LogP contribution in [-0.4, -0.2) is 58.3 Å². The first-order valence-corrected chi connectivity index (χ1v) is 9.41. The summed E-state index contributed by atoms with van der Waals surface area (Å²) in [6.07, 6.45) is 0. The first-order valence-electron chi connectivity index (χ1n) is 8.05. The van der Waals surface area contributed by atoms with Crippen molar-refractivity contribution in [1.29, 1.82) is 0 Å². The van der Waals surface area contributed by atoms with Crippen molar-refractivity contribution >= 4 is 23.4 Å². The van der Waals surface area contributed by atoms with Crippen molar-refractivity contribution in [3.8, 4) is 5.69 Å². The van der Waals surface area contributed by atoms with Crippen molar-refractivity contribution in [2.45, 2.75) is 18.1 Å². The van der Waals surface area contributed by atoms with Gasteiger partial charge in [-0.15, -0.1) is 10.2 Å². The molecule has 0 bridgehead atoms. The third-order valence-corrected chi connectivity index (χ3v) is 5.02. The van der Waals surface area contributed by atoms with Gasteiger partial charge >= 0.3 is 0 Å². The smallest absolute Gasteiger partial charge is 0.195 e.